The molecule has 3 rings (SSSR count). The minimum absolute atomic E-state index is 0.0171. The van der Waals surface area contributed by atoms with Gasteiger partial charge in [-0.3, -0.25) is 9.59 Å². The lowest BCUT2D eigenvalue weighted by Crippen LogP contribution is -2.37. The van der Waals surface area contributed by atoms with Gasteiger partial charge in [-0.15, -0.1) is 0 Å². The summed E-state index contributed by atoms with van der Waals surface area (Å²) in [5.74, 6) is 0.670. The Morgan fingerprint density at radius 3 is 2.70 bits per heavy atom. The van der Waals surface area contributed by atoms with E-state index in [4.69, 9.17) is 0 Å². The molecule has 27 heavy (non-hydrogen) atoms. The van der Waals surface area contributed by atoms with Gasteiger partial charge in [0, 0.05) is 25.2 Å². The average Bonchev–Trinajstić information content (AvgIpc) is 3.04. The number of carbonyl (C=O) groups excluding carboxylic acids is 2. The van der Waals surface area contributed by atoms with Crippen molar-refractivity contribution in [2.45, 2.75) is 46.5 Å². The number of nitrogens with one attached hydrogen (secondary N) is 1. The van der Waals surface area contributed by atoms with Crippen LogP contribution in [0.1, 0.15) is 43.7 Å². The van der Waals surface area contributed by atoms with E-state index < -0.39 is 0 Å². The molecular weight excluding hydrogens is 338 g/mol. The minimum Gasteiger partial charge on any atom is -0.356 e. The van der Waals surface area contributed by atoms with Gasteiger partial charge < -0.3 is 15.1 Å². The van der Waals surface area contributed by atoms with E-state index in [9.17, 15) is 9.59 Å². The molecule has 2 fully saturated rings. The third kappa shape index (κ3) is 4.89. The van der Waals surface area contributed by atoms with Crippen molar-refractivity contribution in [3.8, 4) is 0 Å². The lowest BCUT2D eigenvalue weighted by atomic mass is 9.99. The van der Waals surface area contributed by atoms with Crippen molar-refractivity contribution < 1.29 is 9.59 Å². The number of hydrogen-bond donors (Lipinski definition) is 1. The minimum atomic E-state index is -0.242. The summed E-state index contributed by atoms with van der Waals surface area (Å²) in [5, 5.41) is 3.05. The summed E-state index contributed by atoms with van der Waals surface area (Å²) in [7, 11) is 0. The van der Waals surface area contributed by atoms with Crippen molar-refractivity contribution in [2.75, 3.05) is 37.6 Å². The molecule has 0 aromatic heterocycles. The van der Waals surface area contributed by atoms with Gasteiger partial charge in [0.25, 0.3) is 0 Å². The van der Waals surface area contributed by atoms with Gasteiger partial charge in [0.05, 0.1) is 5.92 Å². The normalized spacial score (nSPS) is 21.7. The lowest BCUT2D eigenvalue weighted by Gasteiger charge is -2.30. The molecule has 0 bridgehead atoms. The number of carbonyl (C=O) groups is 2. The number of aryl methyl sites for hydroxylation is 1. The first-order chi connectivity index (χ1) is 13.0. The molecule has 0 aliphatic carbocycles. The van der Waals surface area contributed by atoms with E-state index in [-0.39, 0.29) is 17.7 Å². The lowest BCUT2D eigenvalue weighted by molar-refractivity contribution is -0.126. The molecule has 1 aromatic rings. The molecule has 1 unspecified atom stereocenters. The Kier molecular flexibility index (Phi) is 6.53. The second-order valence-electron chi connectivity index (χ2n) is 8.29. The van der Waals surface area contributed by atoms with Gasteiger partial charge in [0.1, 0.15) is 0 Å². The van der Waals surface area contributed by atoms with Crippen LogP contribution in [0.5, 0.6) is 0 Å². The number of nitrogens with zero attached hydrogens (tertiary/aromatic N) is 2. The van der Waals surface area contributed by atoms with Gasteiger partial charge in [-0.05, 0) is 75.9 Å². The number of piperidine rings is 1. The van der Waals surface area contributed by atoms with Crippen molar-refractivity contribution in [2.24, 2.45) is 11.8 Å². The summed E-state index contributed by atoms with van der Waals surface area (Å²) in [6.07, 6.45) is 3.85. The molecule has 148 valence electrons. The van der Waals surface area contributed by atoms with Crippen molar-refractivity contribution in [1.82, 2.24) is 10.2 Å². The highest BCUT2D eigenvalue weighted by Gasteiger charge is 2.35. The first kappa shape index (κ1) is 19.9. The molecule has 2 aliphatic rings. The maximum absolute atomic E-state index is 12.5. The molecule has 2 heterocycles. The van der Waals surface area contributed by atoms with Crippen LogP contribution in [0.3, 0.4) is 0 Å². The summed E-state index contributed by atoms with van der Waals surface area (Å²) in [6.45, 7) is 11.0. The first-order valence-electron chi connectivity index (χ1n) is 10.3. The molecule has 2 amide bonds. The molecule has 1 aromatic carbocycles. The van der Waals surface area contributed by atoms with Gasteiger partial charge in [-0.2, -0.15) is 0 Å². The van der Waals surface area contributed by atoms with Crippen LogP contribution >= 0.6 is 0 Å². The van der Waals surface area contributed by atoms with E-state index in [1.165, 1.54) is 31.5 Å². The fraction of sp³-hybridized carbons (Fsp3) is 0.636. The van der Waals surface area contributed by atoms with Crippen LogP contribution in [0.2, 0.25) is 0 Å². The zero-order chi connectivity index (χ0) is 19.4. The summed E-state index contributed by atoms with van der Waals surface area (Å²) < 4.78 is 0. The predicted molar refractivity (Wildman–Crippen MR) is 109 cm³/mol. The van der Waals surface area contributed by atoms with Gasteiger partial charge in [-0.1, -0.05) is 19.1 Å². The highest BCUT2D eigenvalue weighted by atomic mass is 16.2. The smallest absolute Gasteiger partial charge is 0.227 e. The van der Waals surface area contributed by atoms with Crippen LogP contribution in [0.25, 0.3) is 0 Å². The van der Waals surface area contributed by atoms with E-state index in [1.54, 1.807) is 4.90 Å². The Hall–Kier alpha value is -1.88. The number of likely N-dealkylation sites (tertiary alicyclic amines) is 1. The Labute approximate surface area is 163 Å². The van der Waals surface area contributed by atoms with Crippen molar-refractivity contribution >= 4 is 17.5 Å². The van der Waals surface area contributed by atoms with Gasteiger partial charge in [0.2, 0.25) is 11.8 Å². The number of rotatable bonds is 6. The van der Waals surface area contributed by atoms with Crippen molar-refractivity contribution in [3.63, 3.8) is 0 Å². The molecule has 1 N–H and O–H groups in total. The average molecular weight is 372 g/mol. The van der Waals surface area contributed by atoms with Crippen LogP contribution in [0.4, 0.5) is 5.69 Å². The number of amides is 2. The summed E-state index contributed by atoms with van der Waals surface area (Å²) in [4.78, 5) is 29.2. The van der Waals surface area contributed by atoms with Crippen LogP contribution in [0, 0.1) is 25.7 Å². The van der Waals surface area contributed by atoms with E-state index in [2.05, 4.69) is 17.1 Å². The molecule has 2 saturated heterocycles. The van der Waals surface area contributed by atoms with Crippen molar-refractivity contribution in [3.05, 3.63) is 29.3 Å². The molecule has 2 aliphatic heterocycles. The zero-order valence-electron chi connectivity index (χ0n) is 17.0. The van der Waals surface area contributed by atoms with E-state index in [1.807, 2.05) is 32.0 Å². The maximum Gasteiger partial charge on any atom is 0.227 e. The second-order valence-corrected chi connectivity index (χ2v) is 8.29. The SMILES string of the molecule is Cc1cccc(N2CC(C(=O)NCCCN3CCC(C)CC3)CC2=O)c1C. The third-order valence-electron chi connectivity index (χ3n) is 6.19. The Bertz CT molecular complexity index is 680. The van der Waals surface area contributed by atoms with Gasteiger partial charge >= 0.3 is 0 Å². The Balaban J connectivity index is 1.44. The summed E-state index contributed by atoms with van der Waals surface area (Å²) >= 11 is 0. The highest BCUT2D eigenvalue weighted by Crippen LogP contribution is 2.29. The maximum atomic E-state index is 12.5. The molecule has 5 nitrogen and oxygen atoms in total. The van der Waals surface area contributed by atoms with E-state index in [0.717, 1.165) is 30.1 Å². The molecular formula is C22H33N3O2. The standard InChI is InChI=1S/C22H33N3O2/c1-16-8-12-24(13-9-16)11-5-10-23-22(27)19-14-21(26)25(15-19)20-7-4-6-17(2)18(20)3/h4,6-7,16,19H,5,8-15H2,1-3H3,(H,23,27). The predicted octanol–water partition coefficient (Wildman–Crippen LogP) is 2.89. The molecule has 5 heteroatoms. The summed E-state index contributed by atoms with van der Waals surface area (Å²) in [5.41, 5.74) is 3.22. The fourth-order valence-electron chi connectivity index (χ4n) is 4.09. The van der Waals surface area contributed by atoms with Gasteiger partial charge in [0.15, 0.2) is 0 Å². The molecule has 0 spiro atoms. The van der Waals surface area contributed by atoms with Gasteiger partial charge in [-0.25, -0.2) is 0 Å². The van der Waals surface area contributed by atoms with E-state index in [0.29, 0.717) is 19.5 Å². The number of anilines is 1. The molecule has 1 atom stereocenters. The highest BCUT2D eigenvalue weighted by molar-refractivity contribution is 6.00. The summed E-state index contributed by atoms with van der Waals surface area (Å²) in [6, 6.07) is 5.99. The van der Waals surface area contributed by atoms with Crippen LogP contribution in [0.15, 0.2) is 18.2 Å². The molecule has 0 saturated carbocycles. The zero-order valence-corrected chi connectivity index (χ0v) is 17.0. The van der Waals surface area contributed by atoms with Crippen LogP contribution in [-0.2, 0) is 9.59 Å². The topological polar surface area (TPSA) is 52.7 Å². The molecule has 0 radical (unpaired) electrons. The second kappa shape index (κ2) is 8.87. The van der Waals surface area contributed by atoms with Crippen LogP contribution < -0.4 is 10.2 Å². The van der Waals surface area contributed by atoms with E-state index >= 15 is 0 Å². The van der Waals surface area contributed by atoms with Crippen LogP contribution in [-0.4, -0.2) is 49.4 Å². The number of benzene rings is 1. The van der Waals surface area contributed by atoms with Crippen molar-refractivity contribution in [1.29, 1.82) is 0 Å². The quantitative estimate of drug-likeness (QED) is 0.783. The Morgan fingerprint density at radius 1 is 1.22 bits per heavy atom. The largest absolute Gasteiger partial charge is 0.356 e. The first-order valence-corrected chi connectivity index (χ1v) is 10.3. The Morgan fingerprint density at radius 2 is 1.96 bits per heavy atom. The monoisotopic (exact) mass is 371 g/mol. The fourth-order valence-corrected chi connectivity index (χ4v) is 4.09. The third-order valence-corrected chi connectivity index (χ3v) is 6.19. The number of hydrogen-bond acceptors (Lipinski definition) is 3.